The molecule has 0 radical (unpaired) electrons. The van der Waals surface area contributed by atoms with Crippen LogP contribution in [0.2, 0.25) is 0 Å². The lowest BCUT2D eigenvalue weighted by Gasteiger charge is -2.11. The SMILES string of the molecule is ClCc1cc2ccc3cccc4ccc(c1)c2c34. The Bertz CT molecular complexity index is 797. The van der Waals surface area contributed by atoms with Gasteiger partial charge in [0.25, 0.3) is 0 Å². The minimum Gasteiger partial charge on any atom is -0.122 e. The van der Waals surface area contributed by atoms with Gasteiger partial charge in [0.1, 0.15) is 0 Å². The van der Waals surface area contributed by atoms with Gasteiger partial charge in [0.05, 0.1) is 0 Å². The van der Waals surface area contributed by atoms with Crippen molar-refractivity contribution in [2.45, 2.75) is 5.88 Å². The summed E-state index contributed by atoms with van der Waals surface area (Å²) in [5.74, 6) is 0.566. The normalized spacial score (nSPS) is 11.8. The van der Waals surface area contributed by atoms with Gasteiger partial charge < -0.3 is 0 Å². The zero-order chi connectivity index (χ0) is 12.1. The maximum absolute atomic E-state index is 5.97. The molecule has 0 amide bonds. The molecule has 0 saturated heterocycles. The lowest BCUT2D eigenvalue weighted by Crippen LogP contribution is -1.86. The van der Waals surface area contributed by atoms with Crippen molar-refractivity contribution in [2.24, 2.45) is 0 Å². The van der Waals surface area contributed by atoms with E-state index in [-0.39, 0.29) is 0 Å². The second-order valence-electron chi connectivity index (χ2n) is 4.76. The Morgan fingerprint density at radius 3 is 1.72 bits per heavy atom. The van der Waals surface area contributed by atoms with Gasteiger partial charge in [-0.05, 0) is 50.0 Å². The molecule has 0 saturated carbocycles. The largest absolute Gasteiger partial charge is 0.122 e. The molecule has 0 fully saturated rings. The van der Waals surface area contributed by atoms with E-state index in [0.717, 1.165) is 0 Å². The van der Waals surface area contributed by atoms with E-state index < -0.39 is 0 Å². The van der Waals surface area contributed by atoms with Crippen molar-refractivity contribution in [3.63, 3.8) is 0 Å². The molecule has 0 N–H and O–H groups in total. The van der Waals surface area contributed by atoms with Gasteiger partial charge in [-0.25, -0.2) is 0 Å². The fourth-order valence-corrected chi connectivity index (χ4v) is 3.05. The van der Waals surface area contributed by atoms with Crippen molar-refractivity contribution in [3.05, 3.63) is 60.2 Å². The zero-order valence-electron chi connectivity index (χ0n) is 9.78. The van der Waals surface area contributed by atoms with E-state index in [2.05, 4.69) is 54.6 Å². The number of benzene rings is 4. The standard InChI is InChI=1S/C17H11Cl/c18-10-11-8-14-6-4-12-2-1-3-13-5-7-15(9-11)17(14)16(12)13/h1-9H,10H2. The minimum atomic E-state index is 0.566. The van der Waals surface area contributed by atoms with Crippen LogP contribution in [0.4, 0.5) is 0 Å². The van der Waals surface area contributed by atoms with Gasteiger partial charge in [-0.1, -0.05) is 42.5 Å². The predicted molar refractivity (Wildman–Crippen MR) is 79.7 cm³/mol. The van der Waals surface area contributed by atoms with Crippen LogP contribution in [-0.2, 0) is 5.88 Å². The topological polar surface area (TPSA) is 0 Å². The molecule has 0 aromatic heterocycles. The predicted octanol–water partition coefficient (Wildman–Crippen LogP) is 5.32. The van der Waals surface area contributed by atoms with E-state index in [1.165, 1.54) is 37.9 Å². The van der Waals surface area contributed by atoms with E-state index in [9.17, 15) is 0 Å². The highest BCUT2D eigenvalue weighted by atomic mass is 35.5. The molecule has 0 bridgehead atoms. The summed E-state index contributed by atoms with van der Waals surface area (Å²) < 4.78 is 0. The molecule has 0 heterocycles. The molecule has 0 unspecified atom stereocenters. The van der Waals surface area contributed by atoms with E-state index in [1.807, 2.05) is 0 Å². The second-order valence-corrected chi connectivity index (χ2v) is 5.03. The van der Waals surface area contributed by atoms with Crippen LogP contribution in [0.25, 0.3) is 32.3 Å². The molecule has 4 rings (SSSR count). The van der Waals surface area contributed by atoms with E-state index in [1.54, 1.807) is 0 Å². The summed E-state index contributed by atoms with van der Waals surface area (Å²) in [5, 5.41) is 7.92. The van der Waals surface area contributed by atoms with Crippen molar-refractivity contribution < 1.29 is 0 Å². The Hall–Kier alpha value is -1.79. The van der Waals surface area contributed by atoms with Crippen LogP contribution < -0.4 is 0 Å². The molecule has 18 heavy (non-hydrogen) atoms. The monoisotopic (exact) mass is 250 g/mol. The summed E-state index contributed by atoms with van der Waals surface area (Å²) in [6.45, 7) is 0. The van der Waals surface area contributed by atoms with E-state index in [4.69, 9.17) is 11.6 Å². The highest BCUT2D eigenvalue weighted by Gasteiger charge is 2.08. The maximum Gasteiger partial charge on any atom is 0.0474 e. The molecule has 1 heteroatoms. The molecule has 4 aromatic carbocycles. The minimum absolute atomic E-state index is 0.566. The van der Waals surface area contributed by atoms with Gasteiger partial charge in [0.2, 0.25) is 0 Å². The first-order chi connectivity index (χ1) is 8.86. The third-order valence-electron chi connectivity index (χ3n) is 3.68. The van der Waals surface area contributed by atoms with Gasteiger partial charge in [-0.2, -0.15) is 0 Å². The number of rotatable bonds is 1. The molecular weight excluding hydrogens is 240 g/mol. The molecule has 86 valence electrons. The molecule has 0 atom stereocenters. The van der Waals surface area contributed by atoms with Gasteiger partial charge in [-0.3, -0.25) is 0 Å². The third-order valence-corrected chi connectivity index (χ3v) is 3.99. The van der Waals surface area contributed by atoms with Crippen LogP contribution in [0.3, 0.4) is 0 Å². The smallest absolute Gasteiger partial charge is 0.0474 e. The number of hydrogen-bond acceptors (Lipinski definition) is 0. The summed E-state index contributed by atoms with van der Waals surface area (Å²) >= 11 is 5.97. The van der Waals surface area contributed by atoms with Crippen molar-refractivity contribution in [3.8, 4) is 0 Å². The van der Waals surface area contributed by atoms with Crippen LogP contribution in [-0.4, -0.2) is 0 Å². The number of halogens is 1. The second kappa shape index (κ2) is 3.60. The summed E-state index contributed by atoms with van der Waals surface area (Å²) in [4.78, 5) is 0. The molecule has 4 aromatic rings. The third kappa shape index (κ3) is 1.27. The molecule has 0 aliphatic carbocycles. The van der Waals surface area contributed by atoms with Crippen LogP contribution in [0.15, 0.2) is 54.6 Å². The Kier molecular flexibility index (Phi) is 2.03. The van der Waals surface area contributed by atoms with Gasteiger partial charge >= 0.3 is 0 Å². The first-order valence-corrected chi connectivity index (χ1v) is 6.63. The van der Waals surface area contributed by atoms with E-state index in [0.29, 0.717) is 5.88 Å². The highest BCUT2D eigenvalue weighted by Crippen LogP contribution is 2.35. The van der Waals surface area contributed by atoms with Crippen LogP contribution in [0.5, 0.6) is 0 Å². The molecular formula is C17H11Cl. The van der Waals surface area contributed by atoms with Crippen LogP contribution >= 0.6 is 11.6 Å². The Balaban J connectivity index is 2.35. The van der Waals surface area contributed by atoms with Crippen molar-refractivity contribution in [2.75, 3.05) is 0 Å². The van der Waals surface area contributed by atoms with Gasteiger partial charge in [-0.15, -0.1) is 11.6 Å². The molecule has 0 aliphatic heterocycles. The molecule has 0 spiro atoms. The summed E-state index contributed by atoms with van der Waals surface area (Å²) in [6.07, 6.45) is 0. The first kappa shape index (κ1) is 10.2. The summed E-state index contributed by atoms with van der Waals surface area (Å²) in [5.41, 5.74) is 1.18. The van der Waals surface area contributed by atoms with Crippen molar-refractivity contribution >= 4 is 43.9 Å². The fraction of sp³-hybridized carbons (Fsp3) is 0.0588. The Labute approximate surface area is 110 Å². The first-order valence-electron chi connectivity index (χ1n) is 6.09. The number of alkyl halides is 1. The average molecular weight is 251 g/mol. The van der Waals surface area contributed by atoms with Crippen LogP contribution in [0, 0.1) is 0 Å². The highest BCUT2D eigenvalue weighted by molar-refractivity contribution is 6.23. The van der Waals surface area contributed by atoms with Gasteiger partial charge in [0.15, 0.2) is 0 Å². The Morgan fingerprint density at radius 2 is 1.17 bits per heavy atom. The summed E-state index contributed by atoms with van der Waals surface area (Å²) in [7, 11) is 0. The number of hydrogen-bond donors (Lipinski definition) is 0. The van der Waals surface area contributed by atoms with Crippen molar-refractivity contribution in [1.29, 1.82) is 0 Å². The zero-order valence-corrected chi connectivity index (χ0v) is 10.5. The van der Waals surface area contributed by atoms with Gasteiger partial charge in [0, 0.05) is 5.88 Å². The fourth-order valence-electron chi connectivity index (χ4n) is 2.90. The van der Waals surface area contributed by atoms with Crippen LogP contribution in [0.1, 0.15) is 5.56 Å². The average Bonchev–Trinajstić information content (AvgIpc) is 2.44. The molecule has 0 nitrogen and oxygen atoms in total. The lowest BCUT2D eigenvalue weighted by molar-refractivity contribution is 1.44. The Morgan fingerprint density at radius 1 is 0.667 bits per heavy atom. The summed E-state index contributed by atoms with van der Waals surface area (Å²) in [6, 6.07) is 19.6. The lowest BCUT2D eigenvalue weighted by atomic mass is 9.93. The maximum atomic E-state index is 5.97. The quantitative estimate of drug-likeness (QED) is 0.317. The van der Waals surface area contributed by atoms with Crippen molar-refractivity contribution in [1.82, 2.24) is 0 Å². The molecule has 0 aliphatic rings. The van der Waals surface area contributed by atoms with E-state index >= 15 is 0 Å².